The molecule has 0 radical (unpaired) electrons. The Morgan fingerprint density at radius 3 is 2.63 bits per heavy atom. The highest BCUT2D eigenvalue weighted by Crippen LogP contribution is 2.28. The summed E-state index contributed by atoms with van der Waals surface area (Å²) in [5.41, 5.74) is 1.06. The average Bonchev–Trinajstić information content (AvgIpc) is 3.11. The van der Waals surface area contributed by atoms with Gasteiger partial charge in [0.25, 0.3) is 0 Å². The van der Waals surface area contributed by atoms with Crippen LogP contribution in [-0.4, -0.2) is 44.4 Å². The average molecular weight is 263 g/mol. The van der Waals surface area contributed by atoms with E-state index in [-0.39, 0.29) is 12.4 Å². The molecule has 1 aromatic rings. The van der Waals surface area contributed by atoms with Crippen LogP contribution in [0.5, 0.6) is 5.75 Å². The van der Waals surface area contributed by atoms with Crippen LogP contribution >= 0.6 is 0 Å². The third kappa shape index (κ3) is 3.08. The molecule has 0 aromatic heterocycles. The minimum Gasteiger partial charge on any atom is -0.497 e. The Balaban J connectivity index is 1.55. The number of methoxy groups -OCH3 is 1. The van der Waals surface area contributed by atoms with E-state index in [4.69, 9.17) is 14.2 Å². The zero-order chi connectivity index (χ0) is 13.1. The minimum absolute atomic E-state index is 0.199. The van der Waals surface area contributed by atoms with Crippen molar-refractivity contribution >= 4 is 0 Å². The molecule has 0 bridgehead atoms. The van der Waals surface area contributed by atoms with Crippen molar-refractivity contribution in [2.24, 2.45) is 0 Å². The molecule has 2 aliphatic rings. The Morgan fingerprint density at radius 1 is 1.21 bits per heavy atom. The summed E-state index contributed by atoms with van der Waals surface area (Å²) in [5, 5.41) is 0. The van der Waals surface area contributed by atoms with Gasteiger partial charge < -0.3 is 19.1 Å². The second kappa shape index (κ2) is 5.90. The number of benzene rings is 1. The van der Waals surface area contributed by atoms with Crippen LogP contribution in [0.2, 0.25) is 0 Å². The van der Waals surface area contributed by atoms with E-state index in [1.165, 1.54) is 25.9 Å². The monoisotopic (exact) mass is 263 g/mol. The zero-order valence-electron chi connectivity index (χ0n) is 11.4. The third-order valence-electron chi connectivity index (χ3n) is 3.80. The minimum atomic E-state index is -0.224. The second-order valence-corrected chi connectivity index (χ2v) is 5.20. The normalized spacial score (nSPS) is 27.8. The molecular weight excluding hydrogens is 242 g/mol. The fourth-order valence-electron chi connectivity index (χ4n) is 2.73. The summed E-state index contributed by atoms with van der Waals surface area (Å²) < 4.78 is 16.9. The lowest BCUT2D eigenvalue weighted by atomic mass is 10.2. The molecule has 0 saturated carbocycles. The number of ether oxygens (including phenoxy) is 3. The smallest absolute Gasteiger partial charge is 0.184 e. The van der Waals surface area contributed by atoms with Gasteiger partial charge in [0.2, 0.25) is 0 Å². The van der Waals surface area contributed by atoms with Crippen LogP contribution in [0.25, 0.3) is 0 Å². The number of likely N-dealkylation sites (tertiary alicyclic amines) is 1. The first-order valence-electron chi connectivity index (χ1n) is 6.98. The van der Waals surface area contributed by atoms with Crippen LogP contribution in [0.15, 0.2) is 24.3 Å². The van der Waals surface area contributed by atoms with Crippen molar-refractivity contribution in [2.75, 3.05) is 33.4 Å². The molecule has 19 heavy (non-hydrogen) atoms. The second-order valence-electron chi connectivity index (χ2n) is 5.20. The predicted octanol–water partition coefficient (Wildman–Crippen LogP) is 2.21. The molecule has 0 spiro atoms. The van der Waals surface area contributed by atoms with Crippen LogP contribution in [0.4, 0.5) is 0 Å². The molecule has 1 aromatic carbocycles. The molecule has 3 rings (SSSR count). The van der Waals surface area contributed by atoms with Crippen molar-refractivity contribution in [3.05, 3.63) is 29.8 Å². The van der Waals surface area contributed by atoms with E-state index in [1.807, 2.05) is 24.3 Å². The van der Waals surface area contributed by atoms with Gasteiger partial charge in [-0.25, -0.2) is 0 Å². The first-order valence-corrected chi connectivity index (χ1v) is 6.98. The van der Waals surface area contributed by atoms with Crippen molar-refractivity contribution in [1.29, 1.82) is 0 Å². The molecule has 4 heteroatoms. The summed E-state index contributed by atoms with van der Waals surface area (Å²) >= 11 is 0. The summed E-state index contributed by atoms with van der Waals surface area (Å²) in [5.74, 6) is 0.857. The van der Waals surface area contributed by atoms with Gasteiger partial charge >= 0.3 is 0 Å². The van der Waals surface area contributed by atoms with Gasteiger partial charge in [0.05, 0.1) is 19.8 Å². The van der Waals surface area contributed by atoms with E-state index in [2.05, 4.69) is 4.90 Å². The summed E-state index contributed by atoms with van der Waals surface area (Å²) in [6.45, 7) is 4.08. The molecule has 0 N–H and O–H groups in total. The molecule has 2 atom stereocenters. The lowest BCUT2D eigenvalue weighted by molar-refractivity contribution is -0.0635. The van der Waals surface area contributed by atoms with Crippen LogP contribution in [-0.2, 0) is 9.47 Å². The molecule has 0 aliphatic carbocycles. The molecule has 2 saturated heterocycles. The maximum absolute atomic E-state index is 5.98. The number of hydrogen-bond acceptors (Lipinski definition) is 4. The molecule has 2 aliphatic heterocycles. The van der Waals surface area contributed by atoms with Crippen LogP contribution in [0, 0.1) is 0 Å². The summed E-state index contributed by atoms with van der Waals surface area (Å²) in [6, 6.07) is 7.88. The molecular formula is C15H21NO3. The standard InChI is InChI=1S/C15H21NO3/c1-17-13-6-4-12(5-7-13)15-18-11-14(19-15)10-16-8-2-3-9-16/h4-7,14-15H,2-3,8-11H2,1H3. The summed E-state index contributed by atoms with van der Waals surface area (Å²) in [4.78, 5) is 2.46. The maximum Gasteiger partial charge on any atom is 0.184 e. The van der Waals surface area contributed by atoms with E-state index >= 15 is 0 Å². The van der Waals surface area contributed by atoms with Crippen molar-refractivity contribution < 1.29 is 14.2 Å². The summed E-state index contributed by atoms with van der Waals surface area (Å²) in [6.07, 6.45) is 2.61. The Kier molecular flexibility index (Phi) is 4.01. The van der Waals surface area contributed by atoms with Crippen molar-refractivity contribution in [1.82, 2.24) is 4.90 Å². The highest BCUT2D eigenvalue weighted by molar-refractivity contribution is 5.28. The fourth-order valence-corrected chi connectivity index (χ4v) is 2.73. The van der Waals surface area contributed by atoms with Gasteiger partial charge in [-0.05, 0) is 38.1 Å². The van der Waals surface area contributed by atoms with Gasteiger partial charge in [-0.3, -0.25) is 0 Å². The highest BCUT2D eigenvalue weighted by Gasteiger charge is 2.29. The molecule has 2 fully saturated rings. The van der Waals surface area contributed by atoms with E-state index < -0.39 is 0 Å². The van der Waals surface area contributed by atoms with E-state index in [0.29, 0.717) is 6.61 Å². The molecule has 2 unspecified atom stereocenters. The van der Waals surface area contributed by atoms with E-state index in [0.717, 1.165) is 17.9 Å². The van der Waals surface area contributed by atoms with Gasteiger partial charge in [-0.2, -0.15) is 0 Å². The lowest BCUT2D eigenvalue weighted by Gasteiger charge is -2.18. The first-order chi connectivity index (χ1) is 9.35. The SMILES string of the molecule is COc1ccc(C2OCC(CN3CCCC3)O2)cc1. The quantitative estimate of drug-likeness (QED) is 0.833. The Morgan fingerprint density at radius 2 is 1.95 bits per heavy atom. The Hall–Kier alpha value is -1.10. The van der Waals surface area contributed by atoms with Crippen LogP contribution in [0.3, 0.4) is 0 Å². The van der Waals surface area contributed by atoms with Crippen molar-refractivity contribution in [3.8, 4) is 5.75 Å². The van der Waals surface area contributed by atoms with Gasteiger partial charge in [0.15, 0.2) is 6.29 Å². The Bertz CT molecular complexity index is 400. The zero-order valence-corrected chi connectivity index (χ0v) is 11.4. The lowest BCUT2D eigenvalue weighted by Crippen LogP contribution is -2.31. The van der Waals surface area contributed by atoms with Crippen LogP contribution in [0.1, 0.15) is 24.7 Å². The largest absolute Gasteiger partial charge is 0.497 e. The van der Waals surface area contributed by atoms with Gasteiger partial charge in [-0.15, -0.1) is 0 Å². The Labute approximate surface area is 114 Å². The van der Waals surface area contributed by atoms with Gasteiger partial charge in [0, 0.05) is 12.1 Å². The molecule has 4 nitrogen and oxygen atoms in total. The molecule has 2 heterocycles. The van der Waals surface area contributed by atoms with Crippen molar-refractivity contribution in [3.63, 3.8) is 0 Å². The number of hydrogen-bond donors (Lipinski definition) is 0. The molecule has 104 valence electrons. The van der Waals surface area contributed by atoms with Crippen molar-refractivity contribution in [2.45, 2.75) is 25.2 Å². The van der Waals surface area contributed by atoms with Crippen LogP contribution < -0.4 is 4.74 Å². The predicted molar refractivity (Wildman–Crippen MR) is 72.2 cm³/mol. The molecule has 0 amide bonds. The third-order valence-corrected chi connectivity index (χ3v) is 3.80. The number of nitrogens with zero attached hydrogens (tertiary/aromatic N) is 1. The highest BCUT2D eigenvalue weighted by atomic mass is 16.7. The topological polar surface area (TPSA) is 30.9 Å². The van der Waals surface area contributed by atoms with Gasteiger partial charge in [-0.1, -0.05) is 12.1 Å². The first kappa shape index (κ1) is 12.9. The summed E-state index contributed by atoms with van der Waals surface area (Å²) in [7, 11) is 1.67. The van der Waals surface area contributed by atoms with E-state index in [9.17, 15) is 0 Å². The fraction of sp³-hybridized carbons (Fsp3) is 0.600. The van der Waals surface area contributed by atoms with E-state index in [1.54, 1.807) is 7.11 Å². The maximum atomic E-state index is 5.98. The number of rotatable bonds is 4. The van der Waals surface area contributed by atoms with Gasteiger partial charge in [0.1, 0.15) is 5.75 Å².